The van der Waals surface area contributed by atoms with Crippen molar-refractivity contribution in [3.05, 3.63) is 64.0 Å². The van der Waals surface area contributed by atoms with Gasteiger partial charge in [0.2, 0.25) is 0 Å². The van der Waals surface area contributed by atoms with E-state index in [1.807, 2.05) is 25.1 Å². The number of pyridine rings is 1. The number of nitrogens with zero attached hydrogens (tertiary/aromatic N) is 3. The first-order valence-electron chi connectivity index (χ1n) is 9.45. The third-order valence-corrected chi connectivity index (χ3v) is 5.18. The molecule has 0 aliphatic carbocycles. The summed E-state index contributed by atoms with van der Waals surface area (Å²) in [6.07, 6.45) is 3.41. The molecule has 8 nitrogen and oxygen atoms in total. The Morgan fingerprint density at radius 1 is 1.36 bits per heavy atom. The lowest BCUT2D eigenvalue weighted by atomic mass is 9.96. The van der Waals surface area contributed by atoms with Crippen LogP contribution in [-0.4, -0.2) is 40.3 Å². The minimum Gasteiger partial charge on any atom is -0.371 e. The van der Waals surface area contributed by atoms with Gasteiger partial charge in [0.15, 0.2) is 0 Å². The lowest BCUT2D eigenvalue weighted by molar-refractivity contribution is -0.384. The normalized spacial score (nSPS) is 15.9. The number of rotatable bonds is 6. The zero-order valence-corrected chi connectivity index (χ0v) is 15.9. The molecule has 3 rings (SSSR count). The van der Waals surface area contributed by atoms with Crippen LogP contribution in [0.25, 0.3) is 0 Å². The number of nitrogens with two attached hydrogens (primary N) is 1. The van der Waals surface area contributed by atoms with E-state index in [2.05, 4.69) is 10.3 Å². The first-order valence-corrected chi connectivity index (χ1v) is 9.45. The number of hydrogen-bond acceptors (Lipinski definition) is 6. The van der Waals surface area contributed by atoms with Gasteiger partial charge in [-0.15, -0.1) is 0 Å². The number of hydrogen-bond donors (Lipinski definition) is 2. The van der Waals surface area contributed by atoms with Gasteiger partial charge in [-0.05, 0) is 56.5 Å². The molecule has 1 fully saturated rings. The molecule has 1 aliphatic rings. The maximum Gasteiger partial charge on any atom is 0.293 e. The lowest BCUT2D eigenvalue weighted by Crippen LogP contribution is -2.40. The molecule has 1 aromatic carbocycles. The van der Waals surface area contributed by atoms with E-state index in [1.54, 1.807) is 23.2 Å². The molecule has 1 aromatic heterocycles. The van der Waals surface area contributed by atoms with E-state index < -0.39 is 4.92 Å². The van der Waals surface area contributed by atoms with Gasteiger partial charge in [0.05, 0.1) is 16.7 Å². The molecule has 3 N–H and O–H groups in total. The Kier molecular flexibility index (Phi) is 6.20. The number of piperidine rings is 1. The number of benzene rings is 1. The highest BCUT2D eigenvalue weighted by Gasteiger charge is 2.25. The van der Waals surface area contributed by atoms with E-state index in [1.165, 1.54) is 6.07 Å². The van der Waals surface area contributed by atoms with Crippen LogP contribution in [0.15, 0.2) is 42.6 Å². The number of likely N-dealkylation sites (tertiary alicyclic amines) is 1. The van der Waals surface area contributed by atoms with Crippen molar-refractivity contribution in [2.45, 2.75) is 25.8 Å². The Hall–Kier alpha value is -3.00. The molecule has 8 heteroatoms. The van der Waals surface area contributed by atoms with E-state index in [-0.39, 0.29) is 17.6 Å². The average molecular weight is 383 g/mol. The van der Waals surface area contributed by atoms with Gasteiger partial charge in [-0.1, -0.05) is 6.07 Å². The van der Waals surface area contributed by atoms with Crippen molar-refractivity contribution in [1.82, 2.24) is 9.88 Å². The molecule has 0 radical (unpaired) electrons. The first kappa shape index (κ1) is 19.8. The summed E-state index contributed by atoms with van der Waals surface area (Å²) in [5, 5.41) is 14.7. The first-order chi connectivity index (χ1) is 13.5. The van der Waals surface area contributed by atoms with Gasteiger partial charge in [0.25, 0.3) is 11.6 Å². The highest BCUT2D eigenvalue weighted by atomic mass is 16.6. The number of carbonyl (C=O) groups excluding carboxylic acids is 1. The summed E-state index contributed by atoms with van der Waals surface area (Å²) >= 11 is 0. The van der Waals surface area contributed by atoms with E-state index >= 15 is 0 Å². The Bertz CT molecular complexity index is 835. The van der Waals surface area contributed by atoms with Crippen molar-refractivity contribution < 1.29 is 9.72 Å². The average Bonchev–Trinajstić information content (AvgIpc) is 2.74. The van der Waals surface area contributed by atoms with Crippen LogP contribution in [0.1, 0.15) is 41.9 Å². The van der Waals surface area contributed by atoms with Crippen LogP contribution in [-0.2, 0) is 0 Å². The van der Waals surface area contributed by atoms with Crippen LogP contribution < -0.4 is 11.1 Å². The number of nitro benzene ring substituents is 1. The summed E-state index contributed by atoms with van der Waals surface area (Å²) in [4.78, 5) is 29.9. The molecule has 0 bridgehead atoms. The fourth-order valence-electron chi connectivity index (χ4n) is 3.43. The van der Waals surface area contributed by atoms with E-state index in [9.17, 15) is 14.9 Å². The summed E-state index contributed by atoms with van der Waals surface area (Å²) < 4.78 is 0. The molecular weight excluding hydrogens is 358 g/mol. The van der Waals surface area contributed by atoms with Crippen molar-refractivity contribution in [3.63, 3.8) is 0 Å². The van der Waals surface area contributed by atoms with Crippen LogP contribution in [0.2, 0.25) is 0 Å². The highest BCUT2D eigenvalue weighted by molar-refractivity contribution is 5.95. The topological polar surface area (TPSA) is 114 Å². The van der Waals surface area contributed by atoms with Gasteiger partial charge in [0, 0.05) is 30.9 Å². The third-order valence-electron chi connectivity index (χ3n) is 5.18. The second-order valence-corrected chi connectivity index (χ2v) is 7.08. The standard InChI is InChI=1S/C20H25N5O3/c1-14(17-4-2-3-9-22-17)23-18-6-5-16(12-19(18)25(27)28)20(26)24-10-7-15(13-21)8-11-24/h2-6,9,12,14-15,23H,7-8,10-11,13,21H2,1H3. The van der Waals surface area contributed by atoms with Gasteiger partial charge >= 0.3 is 0 Å². The van der Waals surface area contributed by atoms with E-state index in [0.29, 0.717) is 36.8 Å². The number of aromatic nitrogens is 1. The molecule has 2 aromatic rings. The molecule has 2 heterocycles. The highest BCUT2D eigenvalue weighted by Crippen LogP contribution is 2.30. The van der Waals surface area contributed by atoms with Crippen LogP contribution in [0.5, 0.6) is 0 Å². The molecule has 1 atom stereocenters. The largest absolute Gasteiger partial charge is 0.371 e. The second-order valence-electron chi connectivity index (χ2n) is 7.08. The Morgan fingerprint density at radius 3 is 2.71 bits per heavy atom. The summed E-state index contributed by atoms with van der Waals surface area (Å²) in [7, 11) is 0. The molecule has 28 heavy (non-hydrogen) atoms. The van der Waals surface area contributed by atoms with E-state index in [4.69, 9.17) is 5.73 Å². The maximum absolute atomic E-state index is 12.8. The lowest BCUT2D eigenvalue weighted by Gasteiger charge is -2.31. The van der Waals surface area contributed by atoms with Gasteiger partial charge in [-0.25, -0.2) is 0 Å². The number of carbonyl (C=O) groups is 1. The Balaban J connectivity index is 1.77. The number of amides is 1. The predicted octanol–water partition coefficient (Wildman–Crippen LogP) is 2.97. The summed E-state index contributed by atoms with van der Waals surface area (Å²) in [6, 6.07) is 9.91. The molecule has 0 saturated carbocycles. The van der Waals surface area contributed by atoms with Crippen molar-refractivity contribution in [2.75, 3.05) is 25.0 Å². The van der Waals surface area contributed by atoms with Gasteiger partial charge in [-0.2, -0.15) is 0 Å². The van der Waals surface area contributed by atoms with Crippen molar-refractivity contribution in [2.24, 2.45) is 11.7 Å². The Morgan fingerprint density at radius 2 is 2.11 bits per heavy atom. The van der Waals surface area contributed by atoms with Crippen LogP contribution in [0.4, 0.5) is 11.4 Å². The summed E-state index contributed by atoms with van der Waals surface area (Å²) in [5.41, 5.74) is 7.05. The SMILES string of the molecule is CC(Nc1ccc(C(=O)N2CCC(CN)CC2)cc1[N+](=O)[O-])c1ccccn1. The number of nitro groups is 1. The Labute approximate surface area is 163 Å². The molecule has 1 unspecified atom stereocenters. The minimum atomic E-state index is -0.467. The predicted molar refractivity (Wildman–Crippen MR) is 107 cm³/mol. The van der Waals surface area contributed by atoms with Crippen LogP contribution in [0.3, 0.4) is 0 Å². The zero-order chi connectivity index (χ0) is 20.1. The monoisotopic (exact) mass is 383 g/mol. The second kappa shape index (κ2) is 8.79. The quantitative estimate of drug-likeness (QED) is 0.585. The molecule has 0 spiro atoms. The number of nitrogens with one attached hydrogen (secondary N) is 1. The van der Waals surface area contributed by atoms with Crippen LogP contribution in [0, 0.1) is 16.0 Å². The summed E-state index contributed by atoms with van der Waals surface area (Å²) in [5.74, 6) is 0.265. The zero-order valence-electron chi connectivity index (χ0n) is 15.9. The minimum absolute atomic E-state index is 0.120. The van der Waals surface area contributed by atoms with Gasteiger partial charge in [-0.3, -0.25) is 19.9 Å². The van der Waals surface area contributed by atoms with Crippen molar-refractivity contribution in [3.8, 4) is 0 Å². The van der Waals surface area contributed by atoms with Gasteiger partial charge in [0.1, 0.15) is 5.69 Å². The van der Waals surface area contributed by atoms with Crippen molar-refractivity contribution >= 4 is 17.3 Å². The number of anilines is 1. The fourth-order valence-corrected chi connectivity index (χ4v) is 3.43. The molecule has 1 saturated heterocycles. The molecular formula is C20H25N5O3. The van der Waals surface area contributed by atoms with Crippen LogP contribution >= 0.6 is 0 Å². The molecule has 148 valence electrons. The molecule has 1 amide bonds. The third kappa shape index (κ3) is 4.45. The fraction of sp³-hybridized carbons (Fsp3) is 0.400. The van der Waals surface area contributed by atoms with Gasteiger partial charge < -0.3 is 16.0 Å². The maximum atomic E-state index is 12.8. The molecule has 1 aliphatic heterocycles. The van der Waals surface area contributed by atoms with E-state index in [0.717, 1.165) is 18.5 Å². The summed E-state index contributed by atoms with van der Waals surface area (Å²) in [6.45, 7) is 3.77. The van der Waals surface area contributed by atoms with Crippen molar-refractivity contribution in [1.29, 1.82) is 0 Å². The smallest absolute Gasteiger partial charge is 0.293 e.